The van der Waals surface area contributed by atoms with Crippen LogP contribution in [0.25, 0.3) is 0 Å². The van der Waals surface area contributed by atoms with E-state index in [9.17, 15) is 0 Å². The molecule has 1 aliphatic rings. The monoisotopic (exact) mass is 156 g/mol. The fourth-order valence-corrected chi connectivity index (χ4v) is 2.02. The molecule has 0 unspecified atom stereocenters. The highest BCUT2D eigenvalue weighted by molar-refractivity contribution is 5.30. The molecule has 64 valence electrons. The number of hydrogen-bond donors (Lipinski definition) is 2. The van der Waals surface area contributed by atoms with Crippen molar-refractivity contribution in [1.82, 2.24) is 0 Å². The minimum atomic E-state index is 0.181. The van der Waals surface area contributed by atoms with Gasteiger partial charge in [0.1, 0.15) is 0 Å². The predicted octanol–water partition coefficient (Wildman–Crippen LogP) is 0.944. The van der Waals surface area contributed by atoms with Gasteiger partial charge < -0.3 is 10.2 Å². The molecule has 2 atom stereocenters. The van der Waals surface area contributed by atoms with Crippen LogP contribution < -0.4 is 0 Å². The van der Waals surface area contributed by atoms with Crippen LogP contribution in [0.15, 0.2) is 11.1 Å². The third-order valence-corrected chi connectivity index (χ3v) is 2.77. The van der Waals surface area contributed by atoms with E-state index in [0.29, 0.717) is 0 Å². The van der Waals surface area contributed by atoms with Crippen molar-refractivity contribution in [2.45, 2.75) is 20.3 Å². The summed E-state index contributed by atoms with van der Waals surface area (Å²) in [6, 6.07) is 0. The second kappa shape index (κ2) is 3.37. The number of aliphatic hydroxyl groups excluding tert-OH is 2. The summed E-state index contributed by atoms with van der Waals surface area (Å²) < 4.78 is 0. The maximum Gasteiger partial charge on any atom is 0.0503 e. The fraction of sp³-hybridized carbons (Fsp3) is 0.778. The third kappa shape index (κ3) is 1.21. The third-order valence-electron chi connectivity index (χ3n) is 2.77. The number of hydrogen-bond acceptors (Lipinski definition) is 2. The maximum absolute atomic E-state index is 8.96. The summed E-state index contributed by atoms with van der Waals surface area (Å²) in [5.74, 6) is 0.472. The van der Waals surface area contributed by atoms with Crippen molar-refractivity contribution >= 4 is 0 Å². The van der Waals surface area contributed by atoms with E-state index < -0.39 is 0 Å². The standard InChI is InChI=1S/C9H16O2/c1-3-7-6(2)8(4-10)9(7)5-11/h8-11H,3-5H2,1-2H3/t8-,9+/m0/s1. The van der Waals surface area contributed by atoms with Gasteiger partial charge in [-0.2, -0.15) is 0 Å². The summed E-state index contributed by atoms with van der Waals surface area (Å²) in [6.07, 6.45) is 1.01. The van der Waals surface area contributed by atoms with Crippen LogP contribution in [-0.2, 0) is 0 Å². The molecule has 1 rings (SSSR count). The molecule has 2 N–H and O–H groups in total. The number of rotatable bonds is 3. The van der Waals surface area contributed by atoms with E-state index in [1.165, 1.54) is 11.1 Å². The highest BCUT2D eigenvalue weighted by Gasteiger charge is 2.35. The molecule has 0 fully saturated rings. The van der Waals surface area contributed by atoms with E-state index in [2.05, 4.69) is 6.92 Å². The van der Waals surface area contributed by atoms with E-state index >= 15 is 0 Å². The predicted molar refractivity (Wildman–Crippen MR) is 44.1 cm³/mol. The van der Waals surface area contributed by atoms with E-state index in [-0.39, 0.29) is 25.0 Å². The lowest BCUT2D eigenvalue weighted by atomic mass is 9.68. The van der Waals surface area contributed by atoms with E-state index in [0.717, 1.165) is 6.42 Å². The molecule has 0 bridgehead atoms. The Bertz CT molecular complexity index is 172. The minimum Gasteiger partial charge on any atom is -0.396 e. The average molecular weight is 156 g/mol. The van der Waals surface area contributed by atoms with Crippen molar-refractivity contribution in [3.05, 3.63) is 11.1 Å². The molecule has 0 amide bonds. The average Bonchev–Trinajstić information content (AvgIpc) is 2.01. The Hall–Kier alpha value is -0.340. The van der Waals surface area contributed by atoms with Gasteiger partial charge in [0.05, 0.1) is 13.2 Å². The zero-order chi connectivity index (χ0) is 8.43. The van der Waals surface area contributed by atoms with Crippen LogP contribution >= 0.6 is 0 Å². The first kappa shape index (κ1) is 8.75. The van der Waals surface area contributed by atoms with Gasteiger partial charge in [0.25, 0.3) is 0 Å². The minimum absolute atomic E-state index is 0.181. The molecule has 0 aliphatic heterocycles. The quantitative estimate of drug-likeness (QED) is 0.597. The molecule has 0 saturated carbocycles. The fourth-order valence-electron chi connectivity index (χ4n) is 2.02. The Kier molecular flexibility index (Phi) is 2.68. The largest absolute Gasteiger partial charge is 0.396 e. The Morgan fingerprint density at radius 3 is 2.09 bits per heavy atom. The molecule has 0 aromatic heterocycles. The Labute approximate surface area is 67.6 Å². The summed E-state index contributed by atoms with van der Waals surface area (Å²) >= 11 is 0. The molecule has 1 aliphatic carbocycles. The van der Waals surface area contributed by atoms with E-state index in [4.69, 9.17) is 10.2 Å². The van der Waals surface area contributed by atoms with Gasteiger partial charge in [0, 0.05) is 11.8 Å². The molecule has 2 nitrogen and oxygen atoms in total. The molecule has 0 spiro atoms. The van der Waals surface area contributed by atoms with E-state index in [1.807, 2.05) is 6.92 Å². The SMILES string of the molecule is CCC1=C(C)[C@H](CO)[C@@H]1CO. The van der Waals surface area contributed by atoms with Crippen molar-refractivity contribution < 1.29 is 10.2 Å². The maximum atomic E-state index is 8.96. The highest BCUT2D eigenvalue weighted by atomic mass is 16.3. The zero-order valence-corrected chi connectivity index (χ0v) is 7.17. The van der Waals surface area contributed by atoms with Crippen LogP contribution in [0.4, 0.5) is 0 Å². The van der Waals surface area contributed by atoms with Crippen molar-refractivity contribution in [1.29, 1.82) is 0 Å². The van der Waals surface area contributed by atoms with Crippen molar-refractivity contribution in [2.24, 2.45) is 11.8 Å². The molecule has 0 aromatic carbocycles. The first-order chi connectivity index (χ1) is 5.26. The summed E-state index contributed by atoms with van der Waals surface area (Å²) in [5.41, 5.74) is 2.63. The summed E-state index contributed by atoms with van der Waals surface area (Å²) in [6.45, 7) is 4.51. The van der Waals surface area contributed by atoms with Gasteiger partial charge in [-0.25, -0.2) is 0 Å². The molecule has 0 radical (unpaired) electrons. The smallest absolute Gasteiger partial charge is 0.0503 e. The molecule has 0 aromatic rings. The van der Waals surface area contributed by atoms with Gasteiger partial charge in [-0.3, -0.25) is 0 Å². The Morgan fingerprint density at radius 1 is 1.18 bits per heavy atom. The van der Waals surface area contributed by atoms with Crippen molar-refractivity contribution in [2.75, 3.05) is 13.2 Å². The summed E-state index contributed by atoms with van der Waals surface area (Å²) in [7, 11) is 0. The summed E-state index contributed by atoms with van der Waals surface area (Å²) in [4.78, 5) is 0. The van der Waals surface area contributed by atoms with Gasteiger partial charge in [-0.1, -0.05) is 18.1 Å². The lowest BCUT2D eigenvalue weighted by molar-refractivity contribution is 0.132. The van der Waals surface area contributed by atoms with Crippen LogP contribution in [0.2, 0.25) is 0 Å². The molecule has 11 heavy (non-hydrogen) atoms. The lowest BCUT2D eigenvalue weighted by Gasteiger charge is -2.38. The molecule has 0 heterocycles. The second-order valence-corrected chi connectivity index (χ2v) is 3.14. The van der Waals surface area contributed by atoms with Gasteiger partial charge in [-0.15, -0.1) is 0 Å². The van der Waals surface area contributed by atoms with Crippen LogP contribution in [0.1, 0.15) is 20.3 Å². The first-order valence-corrected chi connectivity index (χ1v) is 4.17. The molecular formula is C9H16O2. The van der Waals surface area contributed by atoms with Crippen molar-refractivity contribution in [3.63, 3.8) is 0 Å². The zero-order valence-electron chi connectivity index (χ0n) is 7.17. The first-order valence-electron chi connectivity index (χ1n) is 4.17. The van der Waals surface area contributed by atoms with Crippen LogP contribution in [0, 0.1) is 11.8 Å². The van der Waals surface area contributed by atoms with Crippen molar-refractivity contribution in [3.8, 4) is 0 Å². The molecule has 0 saturated heterocycles. The summed E-state index contributed by atoms with van der Waals surface area (Å²) in [5, 5.41) is 17.9. The van der Waals surface area contributed by atoms with Crippen LogP contribution in [0.3, 0.4) is 0 Å². The van der Waals surface area contributed by atoms with Gasteiger partial charge in [0.15, 0.2) is 0 Å². The van der Waals surface area contributed by atoms with Crippen LogP contribution in [0.5, 0.6) is 0 Å². The van der Waals surface area contributed by atoms with E-state index in [1.54, 1.807) is 0 Å². The Morgan fingerprint density at radius 2 is 1.73 bits per heavy atom. The number of aliphatic hydroxyl groups is 2. The normalized spacial score (nSPS) is 30.5. The molecular weight excluding hydrogens is 140 g/mol. The molecule has 2 heteroatoms. The Balaban J connectivity index is 2.69. The van der Waals surface area contributed by atoms with Gasteiger partial charge in [0.2, 0.25) is 0 Å². The highest BCUT2D eigenvalue weighted by Crippen LogP contribution is 2.41. The lowest BCUT2D eigenvalue weighted by Crippen LogP contribution is -2.34. The van der Waals surface area contributed by atoms with Crippen LogP contribution in [-0.4, -0.2) is 23.4 Å². The topological polar surface area (TPSA) is 40.5 Å². The second-order valence-electron chi connectivity index (χ2n) is 3.14. The van der Waals surface area contributed by atoms with Gasteiger partial charge >= 0.3 is 0 Å². The van der Waals surface area contributed by atoms with Gasteiger partial charge in [-0.05, 0) is 13.3 Å².